The van der Waals surface area contributed by atoms with Gasteiger partial charge in [0, 0.05) is 41.6 Å². The van der Waals surface area contributed by atoms with Crippen LogP contribution in [0.15, 0.2) is 56.7 Å². The number of likely N-dealkylation sites (N-methyl/N-ethyl adjacent to an activating group) is 1. The van der Waals surface area contributed by atoms with Gasteiger partial charge in [-0.05, 0) is 31.3 Å². The third-order valence-electron chi connectivity index (χ3n) is 5.03. The second-order valence-corrected chi connectivity index (χ2v) is 10.7. The normalized spacial score (nSPS) is 14.6. The summed E-state index contributed by atoms with van der Waals surface area (Å²) < 4.78 is 1.91. The van der Waals surface area contributed by atoms with Gasteiger partial charge in [-0.15, -0.1) is 11.3 Å². The van der Waals surface area contributed by atoms with Crippen molar-refractivity contribution < 1.29 is 4.79 Å². The molecule has 1 aliphatic heterocycles. The fraction of sp³-hybridized carbons (Fsp3) is 0.273. The number of rotatable bonds is 6. The first-order chi connectivity index (χ1) is 15.0. The Morgan fingerprint density at radius 2 is 1.94 bits per heavy atom. The van der Waals surface area contributed by atoms with Crippen molar-refractivity contribution in [3.05, 3.63) is 57.3 Å². The number of para-hydroxylation sites is 1. The Morgan fingerprint density at radius 3 is 2.68 bits per heavy atom. The standard InChI is InChI=1S/C22H22BrClN4OS2/c1-27-9-11-28(12-10-27)21-17(24)3-2-4-18(21)25-20(29)14-31-22-26-19(13-30-22)15-5-7-16(23)8-6-15/h2-8,13H,9-12,14H2,1H3,(H,25,29). The first-order valence-corrected chi connectivity index (χ1v) is 12.9. The lowest BCUT2D eigenvalue weighted by Crippen LogP contribution is -2.44. The molecule has 2 heterocycles. The molecule has 1 aromatic heterocycles. The van der Waals surface area contributed by atoms with Gasteiger partial charge in [0.15, 0.2) is 4.34 Å². The molecular weight excluding hydrogens is 516 g/mol. The number of thiazole rings is 1. The second kappa shape index (κ2) is 10.4. The first kappa shape index (κ1) is 22.6. The van der Waals surface area contributed by atoms with E-state index in [2.05, 4.69) is 43.1 Å². The number of thioether (sulfide) groups is 1. The number of aromatic nitrogens is 1. The number of nitrogens with zero attached hydrogens (tertiary/aromatic N) is 3. The van der Waals surface area contributed by atoms with E-state index in [9.17, 15) is 4.79 Å². The van der Waals surface area contributed by atoms with Gasteiger partial charge in [0.1, 0.15) is 0 Å². The summed E-state index contributed by atoms with van der Waals surface area (Å²) in [6.45, 7) is 3.71. The van der Waals surface area contributed by atoms with Crippen LogP contribution < -0.4 is 10.2 Å². The number of halogens is 2. The highest BCUT2D eigenvalue weighted by molar-refractivity contribution is 9.10. The Labute approximate surface area is 203 Å². The zero-order valence-electron chi connectivity index (χ0n) is 17.0. The molecule has 0 radical (unpaired) electrons. The summed E-state index contributed by atoms with van der Waals surface area (Å²) in [6.07, 6.45) is 0. The fourth-order valence-electron chi connectivity index (χ4n) is 3.36. The topological polar surface area (TPSA) is 48.5 Å². The Kier molecular flexibility index (Phi) is 7.55. The van der Waals surface area contributed by atoms with E-state index in [1.54, 1.807) is 11.3 Å². The summed E-state index contributed by atoms with van der Waals surface area (Å²) >= 11 is 12.9. The van der Waals surface area contributed by atoms with Crippen molar-refractivity contribution in [1.82, 2.24) is 9.88 Å². The Hall–Kier alpha value is -1.58. The fourth-order valence-corrected chi connectivity index (χ4v) is 5.55. The largest absolute Gasteiger partial charge is 0.366 e. The molecule has 0 atom stereocenters. The third kappa shape index (κ3) is 5.81. The number of amides is 1. The molecule has 0 bridgehead atoms. The van der Waals surface area contributed by atoms with E-state index >= 15 is 0 Å². The summed E-state index contributed by atoms with van der Waals surface area (Å²) in [5, 5.41) is 5.73. The van der Waals surface area contributed by atoms with Crippen molar-refractivity contribution in [1.29, 1.82) is 0 Å². The minimum Gasteiger partial charge on any atom is -0.366 e. The van der Waals surface area contributed by atoms with E-state index in [0.29, 0.717) is 10.8 Å². The molecule has 1 N–H and O–H groups in total. The minimum absolute atomic E-state index is 0.0666. The van der Waals surface area contributed by atoms with Gasteiger partial charge in [-0.3, -0.25) is 4.79 Å². The molecule has 0 unspecified atom stereocenters. The van der Waals surface area contributed by atoms with E-state index in [1.807, 2.05) is 47.8 Å². The lowest BCUT2D eigenvalue weighted by Gasteiger charge is -2.35. The van der Waals surface area contributed by atoms with Crippen LogP contribution in [0.4, 0.5) is 11.4 Å². The van der Waals surface area contributed by atoms with Crippen molar-refractivity contribution in [3.8, 4) is 11.3 Å². The zero-order valence-corrected chi connectivity index (χ0v) is 21.0. The van der Waals surface area contributed by atoms with Gasteiger partial charge in [0.25, 0.3) is 0 Å². The second-order valence-electron chi connectivity index (χ2n) is 7.27. The van der Waals surface area contributed by atoms with Crippen molar-refractivity contribution in [2.75, 3.05) is 49.2 Å². The molecular formula is C22H22BrClN4OS2. The van der Waals surface area contributed by atoms with Crippen LogP contribution in [-0.2, 0) is 4.79 Å². The van der Waals surface area contributed by atoms with Crippen LogP contribution in [0.1, 0.15) is 0 Å². The molecule has 0 spiro atoms. The zero-order chi connectivity index (χ0) is 21.8. The van der Waals surface area contributed by atoms with Crippen molar-refractivity contribution >= 4 is 67.9 Å². The Bertz CT molecular complexity index is 1050. The van der Waals surface area contributed by atoms with Gasteiger partial charge < -0.3 is 15.1 Å². The number of anilines is 2. The minimum atomic E-state index is -0.0666. The van der Waals surface area contributed by atoms with Gasteiger partial charge in [-0.25, -0.2) is 4.98 Å². The van der Waals surface area contributed by atoms with Crippen molar-refractivity contribution in [2.24, 2.45) is 0 Å². The third-order valence-corrected chi connectivity index (χ3v) is 7.88. The van der Waals surface area contributed by atoms with Gasteiger partial charge in [-0.1, -0.05) is 57.5 Å². The van der Waals surface area contributed by atoms with Gasteiger partial charge in [0.05, 0.1) is 27.8 Å². The quantitative estimate of drug-likeness (QED) is 0.408. The van der Waals surface area contributed by atoms with E-state index in [0.717, 1.165) is 57.6 Å². The molecule has 1 aliphatic rings. The molecule has 9 heteroatoms. The van der Waals surface area contributed by atoms with Gasteiger partial charge >= 0.3 is 0 Å². The number of hydrogen-bond acceptors (Lipinski definition) is 6. The molecule has 3 aromatic rings. The SMILES string of the molecule is CN1CCN(c2c(Cl)cccc2NC(=O)CSc2nc(-c3ccc(Br)cc3)cs2)CC1. The maximum atomic E-state index is 12.7. The van der Waals surface area contributed by atoms with E-state index in [-0.39, 0.29) is 5.91 Å². The molecule has 0 saturated carbocycles. The van der Waals surface area contributed by atoms with Crippen LogP contribution in [0.2, 0.25) is 5.02 Å². The van der Waals surface area contributed by atoms with E-state index in [1.165, 1.54) is 11.8 Å². The maximum absolute atomic E-state index is 12.7. The van der Waals surface area contributed by atoms with E-state index < -0.39 is 0 Å². The molecule has 5 nitrogen and oxygen atoms in total. The molecule has 0 aliphatic carbocycles. The smallest absolute Gasteiger partial charge is 0.234 e. The van der Waals surface area contributed by atoms with Crippen LogP contribution in [-0.4, -0.2) is 54.8 Å². The molecule has 1 amide bonds. The lowest BCUT2D eigenvalue weighted by molar-refractivity contribution is -0.113. The van der Waals surface area contributed by atoms with Crippen molar-refractivity contribution in [2.45, 2.75) is 4.34 Å². The predicted molar refractivity (Wildman–Crippen MR) is 136 cm³/mol. The summed E-state index contributed by atoms with van der Waals surface area (Å²) in [6, 6.07) is 13.7. The molecule has 1 fully saturated rings. The Balaban J connectivity index is 1.38. The molecule has 162 valence electrons. The monoisotopic (exact) mass is 536 g/mol. The Morgan fingerprint density at radius 1 is 1.19 bits per heavy atom. The highest BCUT2D eigenvalue weighted by atomic mass is 79.9. The summed E-state index contributed by atoms with van der Waals surface area (Å²) in [5.74, 6) is 0.227. The number of carbonyl (C=O) groups is 1. The lowest BCUT2D eigenvalue weighted by atomic mass is 10.2. The molecule has 4 rings (SSSR count). The van der Waals surface area contributed by atoms with Crippen LogP contribution in [0.25, 0.3) is 11.3 Å². The first-order valence-electron chi connectivity index (χ1n) is 9.86. The van der Waals surface area contributed by atoms with Crippen molar-refractivity contribution in [3.63, 3.8) is 0 Å². The van der Waals surface area contributed by atoms with Crippen LogP contribution in [0.5, 0.6) is 0 Å². The van der Waals surface area contributed by atoms with E-state index in [4.69, 9.17) is 11.6 Å². The number of piperazine rings is 1. The number of hydrogen-bond donors (Lipinski definition) is 1. The van der Waals surface area contributed by atoms with Gasteiger partial charge in [0.2, 0.25) is 5.91 Å². The average Bonchev–Trinajstić information content (AvgIpc) is 3.23. The summed E-state index contributed by atoms with van der Waals surface area (Å²) in [7, 11) is 2.12. The predicted octanol–water partition coefficient (Wildman–Crippen LogP) is 5.71. The molecule has 1 saturated heterocycles. The summed E-state index contributed by atoms with van der Waals surface area (Å²) in [5.41, 5.74) is 3.65. The number of benzene rings is 2. The maximum Gasteiger partial charge on any atom is 0.234 e. The number of carbonyl (C=O) groups excluding carboxylic acids is 1. The average molecular weight is 538 g/mol. The molecule has 31 heavy (non-hydrogen) atoms. The van der Waals surface area contributed by atoms with Gasteiger partial charge in [-0.2, -0.15) is 0 Å². The summed E-state index contributed by atoms with van der Waals surface area (Å²) in [4.78, 5) is 21.9. The number of nitrogens with one attached hydrogen (secondary N) is 1. The van der Waals surface area contributed by atoms with Crippen LogP contribution in [0, 0.1) is 0 Å². The van der Waals surface area contributed by atoms with Crippen LogP contribution in [0.3, 0.4) is 0 Å². The highest BCUT2D eigenvalue weighted by Crippen LogP contribution is 2.35. The highest BCUT2D eigenvalue weighted by Gasteiger charge is 2.20. The van der Waals surface area contributed by atoms with Crippen LogP contribution >= 0.6 is 50.6 Å². The molecule has 2 aromatic carbocycles.